The van der Waals surface area contributed by atoms with Gasteiger partial charge in [0.2, 0.25) is 0 Å². The van der Waals surface area contributed by atoms with Gasteiger partial charge in [-0.05, 0) is 44.2 Å². The van der Waals surface area contributed by atoms with Crippen LogP contribution in [0, 0.1) is 0 Å². The van der Waals surface area contributed by atoms with Crippen LogP contribution in [0.5, 0.6) is 0 Å². The highest BCUT2D eigenvalue weighted by atomic mass is 35.5. The molecule has 1 atom stereocenters. The Morgan fingerprint density at radius 3 is 2.81 bits per heavy atom. The number of halogens is 1. The van der Waals surface area contributed by atoms with Crippen molar-refractivity contribution in [1.29, 1.82) is 0 Å². The van der Waals surface area contributed by atoms with Crippen molar-refractivity contribution >= 4 is 34.5 Å². The minimum atomic E-state index is 0.0796. The zero-order valence-electron chi connectivity index (χ0n) is 12.0. The number of fused-ring (bicyclic) bond motifs is 4. The number of aliphatic imine (C=N–C) groups is 1. The van der Waals surface area contributed by atoms with E-state index in [2.05, 4.69) is 36.2 Å². The SMILES string of the molecule is CC(C)N1C2=Nc3ccccc3NC2c2cc(Cl)ccc21. The molecule has 4 heteroatoms. The van der Waals surface area contributed by atoms with Crippen LogP contribution < -0.4 is 10.2 Å². The molecule has 2 aliphatic rings. The van der Waals surface area contributed by atoms with Crippen LogP contribution in [0.3, 0.4) is 0 Å². The molecule has 0 aliphatic carbocycles. The predicted octanol–water partition coefficient (Wildman–Crippen LogP) is 4.77. The Hall–Kier alpha value is -2.00. The van der Waals surface area contributed by atoms with Crippen LogP contribution in [0.1, 0.15) is 25.5 Å². The topological polar surface area (TPSA) is 27.6 Å². The number of nitrogens with zero attached hydrogens (tertiary/aromatic N) is 2. The minimum absolute atomic E-state index is 0.0796. The molecule has 106 valence electrons. The first kappa shape index (κ1) is 12.7. The van der Waals surface area contributed by atoms with Crippen LogP contribution in [0.4, 0.5) is 17.1 Å². The van der Waals surface area contributed by atoms with Crippen molar-refractivity contribution in [2.75, 3.05) is 10.2 Å². The molecule has 2 aromatic rings. The third-order valence-corrected chi connectivity index (χ3v) is 4.26. The van der Waals surface area contributed by atoms with Gasteiger partial charge in [0.05, 0.1) is 11.4 Å². The average molecular weight is 298 g/mol. The summed E-state index contributed by atoms with van der Waals surface area (Å²) in [4.78, 5) is 7.18. The van der Waals surface area contributed by atoms with E-state index >= 15 is 0 Å². The van der Waals surface area contributed by atoms with Gasteiger partial charge in [-0.2, -0.15) is 0 Å². The van der Waals surface area contributed by atoms with Crippen LogP contribution >= 0.6 is 11.6 Å². The van der Waals surface area contributed by atoms with Gasteiger partial charge >= 0.3 is 0 Å². The molecule has 0 amide bonds. The number of para-hydroxylation sites is 2. The largest absolute Gasteiger partial charge is 0.370 e. The monoisotopic (exact) mass is 297 g/mol. The quantitative estimate of drug-likeness (QED) is 0.821. The van der Waals surface area contributed by atoms with Crippen molar-refractivity contribution in [3.63, 3.8) is 0 Å². The number of benzene rings is 2. The maximum atomic E-state index is 6.20. The summed E-state index contributed by atoms with van der Waals surface area (Å²) in [6, 6.07) is 14.7. The standard InChI is InChI=1S/C17H16ClN3/c1-10(2)21-15-8-7-11(18)9-12(15)16-17(21)20-14-6-4-3-5-13(14)19-16/h3-10,16,19H,1-2H3. The van der Waals surface area contributed by atoms with Gasteiger partial charge < -0.3 is 10.2 Å². The molecule has 1 N–H and O–H groups in total. The van der Waals surface area contributed by atoms with Crippen molar-refractivity contribution in [3.8, 4) is 0 Å². The zero-order valence-corrected chi connectivity index (χ0v) is 12.7. The van der Waals surface area contributed by atoms with Crippen LogP contribution in [-0.2, 0) is 0 Å². The lowest BCUT2D eigenvalue weighted by atomic mass is 10.1. The van der Waals surface area contributed by atoms with E-state index in [-0.39, 0.29) is 6.04 Å². The van der Waals surface area contributed by atoms with Gasteiger partial charge in [0.25, 0.3) is 0 Å². The molecule has 3 nitrogen and oxygen atoms in total. The molecule has 0 spiro atoms. The number of anilines is 2. The molecular formula is C17H16ClN3. The molecule has 2 aromatic carbocycles. The second-order valence-electron chi connectivity index (χ2n) is 5.73. The first-order chi connectivity index (χ1) is 10.1. The molecule has 0 aromatic heterocycles. The maximum Gasteiger partial charge on any atom is 0.137 e. The third-order valence-electron chi connectivity index (χ3n) is 4.02. The van der Waals surface area contributed by atoms with Gasteiger partial charge in [-0.15, -0.1) is 0 Å². The van der Waals surface area contributed by atoms with Gasteiger partial charge in [-0.25, -0.2) is 4.99 Å². The number of amidine groups is 1. The lowest BCUT2D eigenvalue weighted by Crippen LogP contribution is -2.37. The van der Waals surface area contributed by atoms with Crippen molar-refractivity contribution in [2.45, 2.75) is 25.9 Å². The molecular weight excluding hydrogens is 282 g/mol. The summed E-state index contributed by atoms with van der Waals surface area (Å²) < 4.78 is 0. The molecule has 2 heterocycles. The molecule has 0 fully saturated rings. The fraction of sp³-hybridized carbons (Fsp3) is 0.235. The van der Waals surface area contributed by atoms with Crippen molar-refractivity contribution in [1.82, 2.24) is 0 Å². The predicted molar refractivity (Wildman–Crippen MR) is 89.0 cm³/mol. The minimum Gasteiger partial charge on any atom is -0.370 e. The van der Waals surface area contributed by atoms with Crippen molar-refractivity contribution in [3.05, 3.63) is 53.1 Å². The smallest absolute Gasteiger partial charge is 0.137 e. The van der Waals surface area contributed by atoms with Crippen LogP contribution in [0.25, 0.3) is 0 Å². The van der Waals surface area contributed by atoms with Gasteiger partial charge in [0, 0.05) is 22.3 Å². The summed E-state index contributed by atoms with van der Waals surface area (Å²) in [5, 5.41) is 4.36. The first-order valence-corrected chi connectivity index (χ1v) is 7.56. The van der Waals surface area contributed by atoms with E-state index in [1.165, 1.54) is 11.3 Å². The number of nitrogens with one attached hydrogen (secondary N) is 1. The van der Waals surface area contributed by atoms with Gasteiger partial charge in [-0.3, -0.25) is 0 Å². The van der Waals surface area contributed by atoms with E-state index in [0.717, 1.165) is 22.2 Å². The molecule has 0 radical (unpaired) electrons. The van der Waals surface area contributed by atoms with Crippen molar-refractivity contribution in [2.24, 2.45) is 4.99 Å². The Bertz CT molecular complexity index is 751. The summed E-state index contributed by atoms with van der Waals surface area (Å²) in [5.74, 6) is 1.06. The average Bonchev–Trinajstić information content (AvgIpc) is 2.78. The Morgan fingerprint density at radius 1 is 1.19 bits per heavy atom. The van der Waals surface area contributed by atoms with Gasteiger partial charge in [0.15, 0.2) is 0 Å². The Balaban J connectivity index is 1.93. The molecule has 0 saturated carbocycles. The summed E-state index contributed by atoms with van der Waals surface area (Å²) in [6.45, 7) is 4.37. The Kier molecular flexibility index (Phi) is 2.73. The zero-order chi connectivity index (χ0) is 14.6. The Morgan fingerprint density at radius 2 is 2.00 bits per heavy atom. The third kappa shape index (κ3) is 1.84. The van der Waals surface area contributed by atoms with E-state index in [0.29, 0.717) is 6.04 Å². The van der Waals surface area contributed by atoms with E-state index in [1.54, 1.807) is 0 Å². The second kappa shape index (κ2) is 4.50. The van der Waals surface area contributed by atoms with Gasteiger partial charge in [-0.1, -0.05) is 23.7 Å². The fourth-order valence-corrected chi connectivity index (χ4v) is 3.33. The van der Waals surface area contributed by atoms with E-state index < -0.39 is 0 Å². The molecule has 2 aliphatic heterocycles. The van der Waals surface area contributed by atoms with Crippen LogP contribution in [0.15, 0.2) is 47.5 Å². The van der Waals surface area contributed by atoms with Crippen LogP contribution in [0.2, 0.25) is 5.02 Å². The summed E-state index contributed by atoms with van der Waals surface area (Å²) in [6.07, 6.45) is 0. The highest BCUT2D eigenvalue weighted by Crippen LogP contribution is 2.45. The van der Waals surface area contributed by atoms with Gasteiger partial charge in [0.1, 0.15) is 11.9 Å². The first-order valence-electron chi connectivity index (χ1n) is 7.18. The summed E-state index contributed by atoms with van der Waals surface area (Å²) in [7, 11) is 0. The second-order valence-corrected chi connectivity index (χ2v) is 6.17. The summed E-state index contributed by atoms with van der Waals surface area (Å²) in [5.41, 5.74) is 4.46. The molecule has 4 rings (SSSR count). The fourth-order valence-electron chi connectivity index (χ4n) is 3.15. The number of hydrogen-bond acceptors (Lipinski definition) is 3. The molecule has 21 heavy (non-hydrogen) atoms. The summed E-state index contributed by atoms with van der Waals surface area (Å²) >= 11 is 6.20. The normalized spacial score (nSPS) is 18.8. The van der Waals surface area contributed by atoms with Crippen molar-refractivity contribution < 1.29 is 0 Å². The van der Waals surface area contributed by atoms with E-state index in [9.17, 15) is 0 Å². The highest BCUT2D eigenvalue weighted by molar-refractivity contribution is 6.31. The number of hydrogen-bond donors (Lipinski definition) is 1. The van der Waals surface area contributed by atoms with E-state index in [4.69, 9.17) is 16.6 Å². The lowest BCUT2D eigenvalue weighted by molar-refractivity contribution is 0.806. The Labute approximate surface area is 129 Å². The molecule has 0 bridgehead atoms. The lowest BCUT2D eigenvalue weighted by Gasteiger charge is -2.29. The molecule has 0 saturated heterocycles. The highest BCUT2D eigenvalue weighted by Gasteiger charge is 2.39. The molecule has 1 unspecified atom stereocenters. The van der Waals surface area contributed by atoms with Crippen LogP contribution in [-0.4, -0.2) is 11.9 Å². The van der Waals surface area contributed by atoms with E-state index in [1.807, 2.05) is 30.3 Å². The maximum absolute atomic E-state index is 6.20. The number of rotatable bonds is 1.